The minimum Gasteiger partial charge on any atom is -0.481 e. The van der Waals surface area contributed by atoms with Crippen LogP contribution in [0.4, 0.5) is 0 Å². The maximum Gasteiger partial charge on any atom is 0.303 e. The first-order valence-corrected chi connectivity index (χ1v) is 7.91. The first kappa shape index (κ1) is 13.9. The van der Waals surface area contributed by atoms with Crippen LogP contribution < -0.4 is 0 Å². The van der Waals surface area contributed by atoms with E-state index in [1.54, 1.807) is 4.90 Å². The zero-order chi connectivity index (χ0) is 14.3. The molecule has 0 saturated heterocycles. The molecule has 20 heavy (non-hydrogen) atoms. The minimum atomic E-state index is -0.887. The number of carboxylic acid groups (broad SMARTS) is 1. The Bertz CT molecular complexity index is 383. The first-order valence-electron chi connectivity index (χ1n) is 7.91. The summed E-state index contributed by atoms with van der Waals surface area (Å²) in [5.74, 6) is 1.78. The van der Waals surface area contributed by atoms with E-state index in [9.17, 15) is 9.59 Å². The van der Waals surface area contributed by atoms with Crippen molar-refractivity contribution in [3.8, 4) is 0 Å². The third-order valence-corrected chi connectivity index (χ3v) is 5.72. The normalized spacial score (nSPS) is 38.0. The van der Waals surface area contributed by atoms with Crippen molar-refractivity contribution in [1.29, 1.82) is 0 Å². The summed E-state index contributed by atoms with van der Waals surface area (Å²) in [4.78, 5) is 24.4. The number of carbonyl (C=O) groups excluding carboxylic acids is 1. The van der Waals surface area contributed by atoms with Crippen molar-refractivity contribution in [2.24, 2.45) is 23.2 Å². The van der Waals surface area contributed by atoms with E-state index in [1.807, 2.05) is 7.05 Å². The van der Waals surface area contributed by atoms with Crippen LogP contribution in [0.5, 0.6) is 0 Å². The molecule has 4 heteroatoms. The summed E-state index contributed by atoms with van der Waals surface area (Å²) in [5.41, 5.74) is 0.350. The molecule has 0 radical (unpaired) electrons. The Labute approximate surface area is 120 Å². The molecule has 4 bridgehead atoms. The van der Waals surface area contributed by atoms with E-state index in [4.69, 9.17) is 5.11 Å². The second kappa shape index (κ2) is 5.05. The molecular weight excluding hydrogens is 254 g/mol. The Balaban J connectivity index is 1.59. The summed E-state index contributed by atoms with van der Waals surface area (Å²) in [6, 6.07) is 0. The molecule has 112 valence electrons. The zero-order valence-corrected chi connectivity index (χ0v) is 12.3. The molecule has 4 nitrogen and oxygen atoms in total. The maximum atomic E-state index is 12.0. The Kier molecular flexibility index (Phi) is 3.51. The molecule has 4 rings (SSSR count). The quantitative estimate of drug-likeness (QED) is 0.841. The number of carboxylic acids is 1. The van der Waals surface area contributed by atoms with E-state index < -0.39 is 5.97 Å². The molecular formula is C16H25NO3. The van der Waals surface area contributed by atoms with Crippen LogP contribution in [0.3, 0.4) is 0 Å². The molecule has 0 aromatic heterocycles. The molecule has 1 amide bonds. The molecule has 4 aliphatic rings. The highest BCUT2D eigenvalue weighted by atomic mass is 16.4. The standard InChI is InChI=1S/C16H25NO3/c1-17(14(18)2-3-15(19)20)10-16-7-11-4-12(8-16)6-13(5-11)9-16/h11-13H,2-10H2,1H3,(H,19,20). The molecule has 1 N–H and O–H groups in total. The minimum absolute atomic E-state index is 0.0110. The predicted molar refractivity (Wildman–Crippen MR) is 75.1 cm³/mol. The van der Waals surface area contributed by atoms with Gasteiger partial charge in [-0.2, -0.15) is 0 Å². The van der Waals surface area contributed by atoms with Gasteiger partial charge in [-0.3, -0.25) is 9.59 Å². The highest BCUT2D eigenvalue weighted by molar-refractivity contribution is 5.80. The van der Waals surface area contributed by atoms with Gasteiger partial charge in [-0.15, -0.1) is 0 Å². The smallest absolute Gasteiger partial charge is 0.303 e. The fourth-order valence-corrected chi connectivity index (χ4v) is 5.48. The Morgan fingerprint density at radius 2 is 1.55 bits per heavy atom. The van der Waals surface area contributed by atoms with Crippen LogP contribution in [-0.2, 0) is 9.59 Å². The van der Waals surface area contributed by atoms with Crippen molar-refractivity contribution >= 4 is 11.9 Å². The summed E-state index contributed by atoms with van der Waals surface area (Å²) < 4.78 is 0. The van der Waals surface area contributed by atoms with Crippen LogP contribution in [0.15, 0.2) is 0 Å². The van der Waals surface area contributed by atoms with Crippen molar-refractivity contribution < 1.29 is 14.7 Å². The van der Waals surface area contributed by atoms with E-state index in [1.165, 1.54) is 38.5 Å². The van der Waals surface area contributed by atoms with Gasteiger partial charge in [0.25, 0.3) is 0 Å². The Hall–Kier alpha value is -1.06. The van der Waals surface area contributed by atoms with E-state index in [-0.39, 0.29) is 18.7 Å². The lowest BCUT2D eigenvalue weighted by Crippen LogP contribution is -2.51. The Morgan fingerprint density at radius 3 is 2.00 bits per heavy atom. The average Bonchev–Trinajstić information content (AvgIpc) is 2.33. The fourth-order valence-electron chi connectivity index (χ4n) is 5.48. The van der Waals surface area contributed by atoms with Crippen molar-refractivity contribution in [1.82, 2.24) is 4.90 Å². The van der Waals surface area contributed by atoms with Gasteiger partial charge in [-0.25, -0.2) is 0 Å². The summed E-state index contributed by atoms with van der Waals surface area (Å²) in [6.45, 7) is 0.842. The van der Waals surface area contributed by atoms with Gasteiger partial charge in [0.15, 0.2) is 0 Å². The van der Waals surface area contributed by atoms with Crippen LogP contribution >= 0.6 is 0 Å². The molecule has 4 aliphatic carbocycles. The Morgan fingerprint density at radius 1 is 1.05 bits per heavy atom. The van der Waals surface area contributed by atoms with E-state index in [0.29, 0.717) is 5.41 Å². The maximum absolute atomic E-state index is 12.0. The fraction of sp³-hybridized carbons (Fsp3) is 0.875. The van der Waals surface area contributed by atoms with Gasteiger partial charge in [0, 0.05) is 20.0 Å². The summed E-state index contributed by atoms with van der Waals surface area (Å²) in [6.07, 6.45) is 8.19. The van der Waals surface area contributed by atoms with Crippen LogP contribution in [-0.4, -0.2) is 35.5 Å². The molecule has 0 aliphatic heterocycles. The average molecular weight is 279 g/mol. The number of aliphatic carboxylic acids is 1. The second-order valence-corrected chi connectivity index (χ2v) is 7.56. The van der Waals surface area contributed by atoms with Crippen LogP contribution in [0.25, 0.3) is 0 Å². The largest absolute Gasteiger partial charge is 0.481 e. The zero-order valence-electron chi connectivity index (χ0n) is 12.3. The van der Waals surface area contributed by atoms with Crippen molar-refractivity contribution in [3.63, 3.8) is 0 Å². The lowest BCUT2D eigenvalue weighted by atomic mass is 9.49. The first-order chi connectivity index (χ1) is 9.46. The molecule has 0 spiro atoms. The van der Waals surface area contributed by atoms with Crippen LogP contribution in [0.1, 0.15) is 51.4 Å². The molecule has 4 saturated carbocycles. The van der Waals surface area contributed by atoms with E-state index >= 15 is 0 Å². The lowest BCUT2D eigenvalue weighted by molar-refractivity contribution is -0.142. The van der Waals surface area contributed by atoms with Crippen molar-refractivity contribution in [2.45, 2.75) is 51.4 Å². The highest BCUT2D eigenvalue weighted by Crippen LogP contribution is 2.60. The van der Waals surface area contributed by atoms with Crippen LogP contribution in [0.2, 0.25) is 0 Å². The number of amides is 1. The number of rotatable bonds is 5. The predicted octanol–water partition coefficient (Wildman–Crippen LogP) is 2.53. The van der Waals surface area contributed by atoms with E-state index in [2.05, 4.69) is 0 Å². The van der Waals surface area contributed by atoms with Crippen molar-refractivity contribution in [2.75, 3.05) is 13.6 Å². The van der Waals surface area contributed by atoms with Crippen molar-refractivity contribution in [3.05, 3.63) is 0 Å². The van der Waals surface area contributed by atoms with E-state index in [0.717, 1.165) is 24.3 Å². The SMILES string of the molecule is CN(CC12CC3CC(CC(C3)C1)C2)C(=O)CCC(=O)O. The molecule has 4 fully saturated rings. The molecule has 0 heterocycles. The van der Waals surface area contributed by atoms with Gasteiger partial charge >= 0.3 is 5.97 Å². The van der Waals surface area contributed by atoms with Gasteiger partial charge in [-0.1, -0.05) is 0 Å². The van der Waals surface area contributed by atoms with Gasteiger partial charge in [0.1, 0.15) is 0 Å². The number of carbonyl (C=O) groups is 2. The van der Waals surface area contributed by atoms with Gasteiger partial charge in [0.2, 0.25) is 5.91 Å². The highest BCUT2D eigenvalue weighted by Gasteiger charge is 2.51. The number of hydrogen-bond acceptors (Lipinski definition) is 2. The number of hydrogen-bond donors (Lipinski definition) is 1. The third kappa shape index (κ3) is 2.70. The van der Waals surface area contributed by atoms with Crippen LogP contribution in [0, 0.1) is 23.2 Å². The van der Waals surface area contributed by atoms with Gasteiger partial charge in [-0.05, 0) is 61.7 Å². The molecule has 0 aromatic carbocycles. The molecule has 0 unspecified atom stereocenters. The number of nitrogens with zero attached hydrogens (tertiary/aromatic N) is 1. The third-order valence-electron chi connectivity index (χ3n) is 5.72. The lowest BCUT2D eigenvalue weighted by Gasteiger charge is -2.57. The molecule has 0 atom stereocenters. The monoisotopic (exact) mass is 279 g/mol. The topological polar surface area (TPSA) is 57.6 Å². The summed E-state index contributed by atoms with van der Waals surface area (Å²) in [7, 11) is 1.85. The second-order valence-electron chi connectivity index (χ2n) is 7.56. The van der Waals surface area contributed by atoms with Gasteiger partial charge in [0.05, 0.1) is 6.42 Å². The van der Waals surface area contributed by atoms with Gasteiger partial charge < -0.3 is 10.0 Å². The summed E-state index contributed by atoms with van der Waals surface area (Å²) >= 11 is 0. The molecule has 0 aromatic rings. The summed E-state index contributed by atoms with van der Waals surface area (Å²) in [5, 5.41) is 8.68.